The van der Waals surface area contributed by atoms with Gasteiger partial charge in [0.05, 0.1) is 0 Å². The maximum Gasteiger partial charge on any atom is 0.326 e. The zero-order chi connectivity index (χ0) is 21.9. The summed E-state index contributed by atoms with van der Waals surface area (Å²) in [6.45, 7) is 5.37. The first-order chi connectivity index (χ1) is 14.2. The molecule has 2 aliphatic heterocycles. The first kappa shape index (κ1) is 21.8. The highest BCUT2D eigenvalue weighted by atomic mass is 16.5. The molecule has 3 rings (SSSR count). The number of benzene rings is 1. The fraction of sp³-hybridized carbons (Fsp3) is 0.545. The normalized spacial score (nSPS) is 20.9. The van der Waals surface area contributed by atoms with Crippen molar-refractivity contribution < 1.29 is 23.9 Å². The molecule has 1 saturated heterocycles. The van der Waals surface area contributed by atoms with Gasteiger partial charge in [0, 0.05) is 12.2 Å². The summed E-state index contributed by atoms with van der Waals surface area (Å²) in [6, 6.07) is 7.04. The molecule has 162 valence electrons. The summed E-state index contributed by atoms with van der Waals surface area (Å²) in [4.78, 5) is 52.2. The lowest BCUT2D eigenvalue weighted by molar-refractivity contribution is -0.150. The van der Waals surface area contributed by atoms with Crippen molar-refractivity contribution in [3.8, 4) is 0 Å². The van der Waals surface area contributed by atoms with Gasteiger partial charge in [0.2, 0.25) is 0 Å². The van der Waals surface area contributed by atoms with Crippen LogP contribution in [0.25, 0.3) is 0 Å². The zero-order valence-corrected chi connectivity index (χ0v) is 17.8. The number of carbonyl (C=O) groups excluding carboxylic acids is 4. The molecule has 0 unspecified atom stereocenters. The molecule has 4 amide bonds. The third kappa shape index (κ3) is 4.63. The van der Waals surface area contributed by atoms with Crippen molar-refractivity contribution in [3.05, 3.63) is 29.8 Å². The topological polar surface area (TPSA) is 96.0 Å². The second kappa shape index (κ2) is 8.85. The van der Waals surface area contributed by atoms with Crippen LogP contribution in [0.5, 0.6) is 0 Å². The number of rotatable bonds is 7. The molecule has 0 spiro atoms. The maximum absolute atomic E-state index is 12.7. The number of urea groups is 1. The number of carbonyl (C=O) groups is 4. The molecule has 1 N–H and O–H groups in total. The number of ether oxygens (including phenoxy) is 1. The van der Waals surface area contributed by atoms with Crippen LogP contribution in [0.4, 0.5) is 10.5 Å². The SMILES string of the molecule is CC(C)CC[C@@]1(C)NC(=O)N(CC(=O)OCC(=O)N2CCCc3ccccc32)C1=O. The highest BCUT2D eigenvalue weighted by Gasteiger charge is 2.48. The summed E-state index contributed by atoms with van der Waals surface area (Å²) in [5.41, 5.74) is 0.901. The monoisotopic (exact) mass is 415 g/mol. The number of hydrogen-bond acceptors (Lipinski definition) is 5. The summed E-state index contributed by atoms with van der Waals surface area (Å²) >= 11 is 0. The van der Waals surface area contributed by atoms with Gasteiger partial charge in [0.25, 0.3) is 11.8 Å². The average Bonchev–Trinajstić information content (AvgIpc) is 2.93. The van der Waals surface area contributed by atoms with Crippen LogP contribution in [0.3, 0.4) is 0 Å². The Labute approximate surface area is 176 Å². The largest absolute Gasteiger partial charge is 0.454 e. The summed E-state index contributed by atoms with van der Waals surface area (Å²) in [5, 5.41) is 2.67. The highest BCUT2D eigenvalue weighted by molar-refractivity contribution is 6.08. The highest BCUT2D eigenvalue weighted by Crippen LogP contribution is 2.27. The second-order valence-electron chi connectivity index (χ2n) is 8.52. The Kier molecular flexibility index (Phi) is 6.43. The number of aryl methyl sites for hydroxylation is 1. The molecule has 1 fully saturated rings. The number of amides is 4. The number of anilines is 1. The number of fused-ring (bicyclic) bond motifs is 1. The second-order valence-corrected chi connectivity index (χ2v) is 8.52. The number of esters is 1. The van der Waals surface area contributed by atoms with Gasteiger partial charge in [-0.05, 0) is 50.2 Å². The van der Waals surface area contributed by atoms with Gasteiger partial charge in [-0.2, -0.15) is 0 Å². The molecule has 8 heteroatoms. The molecule has 2 aliphatic rings. The smallest absolute Gasteiger partial charge is 0.326 e. The predicted octanol–water partition coefficient (Wildman–Crippen LogP) is 2.26. The van der Waals surface area contributed by atoms with Crippen LogP contribution in [0.1, 0.15) is 45.6 Å². The molecule has 0 bridgehead atoms. The first-order valence-electron chi connectivity index (χ1n) is 10.4. The Morgan fingerprint density at radius 3 is 2.70 bits per heavy atom. The molecule has 1 atom stereocenters. The first-order valence-corrected chi connectivity index (χ1v) is 10.4. The molecule has 0 aliphatic carbocycles. The van der Waals surface area contributed by atoms with Gasteiger partial charge in [-0.1, -0.05) is 32.0 Å². The maximum atomic E-state index is 12.7. The van der Waals surface area contributed by atoms with E-state index < -0.39 is 36.6 Å². The minimum atomic E-state index is -1.02. The fourth-order valence-corrected chi connectivity index (χ4v) is 3.83. The third-order valence-electron chi connectivity index (χ3n) is 5.62. The predicted molar refractivity (Wildman–Crippen MR) is 111 cm³/mol. The Balaban J connectivity index is 1.54. The minimum Gasteiger partial charge on any atom is -0.454 e. The summed E-state index contributed by atoms with van der Waals surface area (Å²) in [6.07, 6.45) is 3.01. The van der Waals surface area contributed by atoms with Crippen molar-refractivity contribution in [2.75, 3.05) is 24.6 Å². The molecule has 2 heterocycles. The molecule has 30 heavy (non-hydrogen) atoms. The van der Waals surface area contributed by atoms with E-state index in [0.717, 1.165) is 35.4 Å². The number of nitrogens with zero attached hydrogens (tertiary/aromatic N) is 2. The zero-order valence-electron chi connectivity index (χ0n) is 17.8. The van der Waals surface area contributed by atoms with Gasteiger partial charge in [-0.3, -0.25) is 19.3 Å². The fourth-order valence-electron chi connectivity index (χ4n) is 3.83. The number of imide groups is 1. The van der Waals surface area contributed by atoms with Crippen molar-refractivity contribution in [3.63, 3.8) is 0 Å². The number of nitrogens with one attached hydrogen (secondary N) is 1. The third-order valence-corrected chi connectivity index (χ3v) is 5.62. The summed E-state index contributed by atoms with van der Waals surface area (Å²) < 4.78 is 5.09. The molecular formula is C22H29N3O5. The Morgan fingerprint density at radius 1 is 1.23 bits per heavy atom. The van der Waals surface area contributed by atoms with E-state index >= 15 is 0 Å². The van der Waals surface area contributed by atoms with Gasteiger partial charge in [-0.25, -0.2) is 4.79 Å². The van der Waals surface area contributed by atoms with Crippen molar-refractivity contribution >= 4 is 29.5 Å². The average molecular weight is 415 g/mol. The van der Waals surface area contributed by atoms with Gasteiger partial charge < -0.3 is 15.0 Å². The van der Waals surface area contributed by atoms with Crippen LogP contribution in [0, 0.1) is 5.92 Å². The Hall–Kier alpha value is -2.90. The summed E-state index contributed by atoms with van der Waals surface area (Å²) in [5.74, 6) is -1.17. The number of hydrogen-bond donors (Lipinski definition) is 1. The van der Waals surface area contributed by atoms with Crippen LogP contribution in [-0.2, 0) is 25.5 Å². The van der Waals surface area contributed by atoms with Crippen LogP contribution in [0.15, 0.2) is 24.3 Å². The lowest BCUT2D eigenvalue weighted by Gasteiger charge is -2.29. The molecule has 0 aromatic heterocycles. The van der Waals surface area contributed by atoms with Crippen LogP contribution < -0.4 is 10.2 Å². The quantitative estimate of drug-likeness (QED) is 0.544. The van der Waals surface area contributed by atoms with E-state index in [2.05, 4.69) is 5.32 Å². The number of para-hydroxylation sites is 1. The van der Waals surface area contributed by atoms with Gasteiger partial charge in [0.15, 0.2) is 6.61 Å². The standard InChI is InChI=1S/C22H29N3O5/c1-15(2)10-11-22(3)20(28)25(21(29)23-22)13-19(27)30-14-18(26)24-12-6-8-16-7-4-5-9-17(16)24/h4-5,7,9,15H,6,8,10-14H2,1-3H3,(H,23,29)/t22-/m1/s1. The van der Waals surface area contributed by atoms with Gasteiger partial charge in [-0.15, -0.1) is 0 Å². The lowest BCUT2D eigenvalue weighted by Crippen LogP contribution is -2.44. The lowest BCUT2D eigenvalue weighted by atomic mass is 9.92. The van der Waals surface area contributed by atoms with Crippen molar-refractivity contribution in [1.82, 2.24) is 10.2 Å². The molecule has 0 radical (unpaired) electrons. The van der Waals surface area contributed by atoms with E-state index in [0.29, 0.717) is 18.9 Å². The van der Waals surface area contributed by atoms with E-state index in [1.165, 1.54) is 0 Å². The van der Waals surface area contributed by atoms with Crippen LogP contribution in [0.2, 0.25) is 0 Å². The van der Waals surface area contributed by atoms with Crippen LogP contribution in [-0.4, -0.2) is 54.0 Å². The molecule has 1 aromatic rings. The molecule has 1 aromatic carbocycles. The van der Waals surface area contributed by atoms with E-state index in [1.807, 2.05) is 38.1 Å². The molecule has 8 nitrogen and oxygen atoms in total. The van der Waals surface area contributed by atoms with E-state index in [9.17, 15) is 19.2 Å². The van der Waals surface area contributed by atoms with Crippen molar-refractivity contribution in [1.29, 1.82) is 0 Å². The molecular weight excluding hydrogens is 386 g/mol. The van der Waals surface area contributed by atoms with Gasteiger partial charge >= 0.3 is 12.0 Å². The van der Waals surface area contributed by atoms with Crippen molar-refractivity contribution in [2.24, 2.45) is 5.92 Å². The molecule has 0 saturated carbocycles. The van der Waals surface area contributed by atoms with Gasteiger partial charge in [0.1, 0.15) is 12.1 Å². The minimum absolute atomic E-state index is 0.325. The summed E-state index contributed by atoms with van der Waals surface area (Å²) in [7, 11) is 0. The van der Waals surface area contributed by atoms with E-state index in [-0.39, 0.29) is 5.91 Å². The van der Waals surface area contributed by atoms with E-state index in [1.54, 1.807) is 11.8 Å². The van der Waals surface area contributed by atoms with Crippen LogP contribution >= 0.6 is 0 Å². The Morgan fingerprint density at radius 2 is 1.97 bits per heavy atom. The van der Waals surface area contributed by atoms with E-state index in [4.69, 9.17) is 4.74 Å². The van der Waals surface area contributed by atoms with Crippen molar-refractivity contribution in [2.45, 2.75) is 52.0 Å². The Bertz CT molecular complexity index is 853.